The molecule has 0 aliphatic heterocycles. The molecular weight excluding hydrogens is 338 g/mol. The Bertz CT molecular complexity index is 1070. The van der Waals surface area contributed by atoms with Crippen molar-refractivity contribution in [1.82, 2.24) is 29.9 Å². The molecule has 27 heavy (non-hydrogen) atoms. The maximum absolute atomic E-state index is 6.58. The predicted molar refractivity (Wildman–Crippen MR) is 102 cm³/mol. The number of benzene rings is 2. The van der Waals surface area contributed by atoms with Crippen LogP contribution in [0.2, 0.25) is 0 Å². The fraction of sp³-hybridized carbons (Fsp3) is 0. The van der Waals surface area contributed by atoms with Crippen LogP contribution in [0.25, 0.3) is 22.7 Å². The molecule has 0 fully saturated rings. The SMILES string of the molecule is NC(=C(c1ncncn1)c1ccccc1-c1ncncn1)c1ccccc1. The zero-order chi connectivity index (χ0) is 18.5. The molecule has 130 valence electrons. The molecule has 0 amide bonds. The number of hydrogen-bond donors (Lipinski definition) is 1. The fourth-order valence-corrected chi connectivity index (χ4v) is 2.79. The Hall–Kier alpha value is -4.00. The van der Waals surface area contributed by atoms with Crippen molar-refractivity contribution in [2.24, 2.45) is 5.73 Å². The van der Waals surface area contributed by atoms with Gasteiger partial charge in [0.05, 0.1) is 11.3 Å². The maximum Gasteiger partial charge on any atom is 0.165 e. The first-order chi connectivity index (χ1) is 13.3. The summed E-state index contributed by atoms with van der Waals surface area (Å²) in [5, 5.41) is 0. The molecule has 0 bridgehead atoms. The molecule has 7 nitrogen and oxygen atoms in total. The fourth-order valence-electron chi connectivity index (χ4n) is 2.79. The Labute approximate surface area is 155 Å². The summed E-state index contributed by atoms with van der Waals surface area (Å²) >= 11 is 0. The molecule has 4 aromatic rings. The van der Waals surface area contributed by atoms with E-state index in [4.69, 9.17) is 5.73 Å². The van der Waals surface area contributed by atoms with Crippen LogP contribution in [0.1, 0.15) is 17.0 Å². The van der Waals surface area contributed by atoms with E-state index >= 15 is 0 Å². The Morgan fingerprint density at radius 1 is 0.667 bits per heavy atom. The van der Waals surface area contributed by atoms with E-state index in [0.717, 1.165) is 16.7 Å². The molecule has 0 saturated carbocycles. The molecule has 2 N–H and O–H groups in total. The highest BCUT2D eigenvalue weighted by molar-refractivity contribution is 5.99. The van der Waals surface area contributed by atoms with Gasteiger partial charge in [-0.1, -0.05) is 54.6 Å². The minimum absolute atomic E-state index is 0.479. The van der Waals surface area contributed by atoms with Crippen molar-refractivity contribution in [2.75, 3.05) is 0 Å². The van der Waals surface area contributed by atoms with Crippen molar-refractivity contribution in [2.45, 2.75) is 0 Å². The van der Waals surface area contributed by atoms with Crippen LogP contribution in [0, 0.1) is 0 Å². The van der Waals surface area contributed by atoms with E-state index in [0.29, 0.717) is 22.9 Å². The molecule has 2 heterocycles. The molecule has 0 radical (unpaired) electrons. The first-order valence-corrected chi connectivity index (χ1v) is 8.24. The van der Waals surface area contributed by atoms with Crippen molar-refractivity contribution < 1.29 is 0 Å². The quantitative estimate of drug-likeness (QED) is 0.562. The summed E-state index contributed by atoms with van der Waals surface area (Å²) in [7, 11) is 0. The Balaban J connectivity index is 2.00. The van der Waals surface area contributed by atoms with Gasteiger partial charge in [-0.05, 0) is 11.1 Å². The molecule has 2 aromatic carbocycles. The Kier molecular flexibility index (Phi) is 4.57. The van der Waals surface area contributed by atoms with Gasteiger partial charge in [-0.25, -0.2) is 29.9 Å². The minimum atomic E-state index is 0.479. The van der Waals surface area contributed by atoms with Crippen LogP contribution in [-0.4, -0.2) is 29.9 Å². The minimum Gasteiger partial charge on any atom is -0.398 e. The van der Waals surface area contributed by atoms with Crippen molar-refractivity contribution in [3.05, 3.63) is 96.9 Å². The largest absolute Gasteiger partial charge is 0.398 e. The van der Waals surface area contributed by atoms with Crippen molar-refractivity contribution in [3.63, 3.8) is 0 Å². The Morgan fingerprint density at radius 3 is 1.96 bits per heavy atom. The molecule has 7 heteroatoms. The van der Waals surface area contributed by atoms with E-state index in [1.807, 2.05) is 54.6 Å². The first kappa shape index (κ1) is 16.5. The van der Waals surface area contributed by atoms with Crippen molar-refractivity contribution in [1.29, 1.82) is 0 Å². The van der Waals surface area contributed by atoms with Crippen LogP contribution >= 0.6 is 0 Å². The standard InChI is InChI=1S/C20H15N7/c21-18(14-6-2-1-3-7-14)17(20-26-12-23-13-27-20)15-8-4-5-9-16(15)19-24-10-22-11-25-19/h1-13H,21H2. The van der Waals surface area contributed by atoms with Gasteiger partial charge in [-0.15, -0.1) is 0 Å². The highest BCUT2D eigenvalue weighted by atomic mass is 15.0. The molecular formula is C20H15N7. The van der Waals surface area contributed by atoms with E-state index < -0.39 is 0 Å². The lowest BCUT2D eigenvalue weighted by molar-refractivity contribution is 1.01. The lowest BCUT2D eigenvalue weighted by Crippen LogP contribution is -2.07. The van der Waals surface area contributed by atoms with Gasteiger partial charge < -0.3 is 5.73 Å². The smallest absolute Gasteiger partial charge is 0.165 e. The normalized spacial score (nSPS) is 11.7. The van der Waals surface area contributed by atoms with E-state index in [1.165, 1.54) is 25.3 Å². The highest BCUT2D eigenvalue weighted by Gasteiger charge is 2.19. The number of rotatable bonds is 4. The number of hydrogen-bond acceptors (Lipinski definition) is 7. The summed E-state index contributed by atoms with van der Waals surface area (Å²) in [5.41, 5.74) is 10.3. The molecule has 0 aliphatic rings. The molecule has 0 spiro atoms. The first-order valence-electron chi connectivity index (χ1n) is 8.24. The second-order valence-electron chi connectivity index (χ2n) is 5.62. The van der Waals surface area contributed by atoms with Gasteiger partial charge >= 0.3 is 0 Å². The summed E-state index contributed by atoms with van der Waals surface area (Å²) < 4.78 is 0. The summed E-state index contributed by atoms with van der Waals surface area (Å²) in [6.45, 7) is 0. The van der Waals surface area contributed by atoms with Crippen LogP contribution in [0.5, 0.6) is 0 Å². The third kappa shape index (κ3) is 3.38. The van der Waals surface area contributed by atoms with Crippen LogP contribution in [-0.2, 0) is 0 Å². The average molecular weight is 353 g/mol. The van der Waals surface area contributed by atoms with Crippen LogP contribution in [0.3, 0.4) is 0 Å². The summed E-state index contributed by atoms with van der Waals surface area (Å²) in [4.78, 5) is 25.0. The molecule has 0 unspecified atom stereocenters. The molecule has 2 aromatic heterocycles. The lowest BCUT2D eigenvalue weighted by atomic mass is 9.94. The Morgan fingerprint density at radius 2 is 1.26 bits per heavy atom. The van der Waals surface area contributed by atoms with E-state index in [2.05, 4.69) is 29.9 Å². The predicted octanol–water partition coefficient (Wildman–Crippen LogP) is 2.60. The van der Waals surface area contributed by atoms with Crippen molar-refractivity contribution >= 4 is 11.3 Å². The van der Waals surface area contributed by atoms with Crippen LogP contribution < -0.4 is 5.73 Å². The third-order valence-corrected chi connectivity index (χ3v) is 4.00. The van der Waals surface area contributed by atoms with E-state index in [1.54, 1.807) is 0 Å². The van der Waals surface area contributed by atoms with Crippen molar-refractivity contribution in [3.8, 4) is 11.4 Å². The number of nitrogens with zero attached hydrogens (tertiary/aromatic N) is 6. The van der Waals surface area contributed by atoms with Gasteiger partial charge in [0.25, 0.3) is 0 Å². The number of aromatic nitrogens is 6. The number of nitrogens with two attached hydrogens (primary N) is 1. The maximum atomic E-state index is 6.58. The van der Waals surface area contributed by atoms with Gasteiger partial charge in [0.15, 0.2) is 11.6 Å². The third-order valence-electron chi connectivity index (χ3n) is 4.00. The summed E-state index contributed by atoms with van der Waals surface area (Å²) in [6, 6.07) is 17.4. The van der Waals surface area contributed by atoms with Gasteiger partial charge in [0, 0.05) is 5.56 Å². The van der Waals surface area contributed by atoms with Crippen LogP contribution in [0.4, 0.5) is 0 Å². The molecule has 0 atom stereocenters. The van der Waals surface area contributed by atoms with Gasteiger partial charge in [0.2, 0.25) is 0 Å². The van der Waals surface area contributed by atoms with E-state index in [-0.39, 0.29) is 0 Å². The monoisotopic (exact) mass is 353 g/mol. The van der Waals surface area contributed by atoms with Crippen LogP contribution in [0.15, 0.2) is 79.9 Å². The van der Waals surface area contributed by atoms with E-state index in [9.17, 15) is 0 Å². The highest BCUT2D eigenvalue weighted by Crippen LogP contribution is 2.33. The summed E-state index contributed by atoms with van der Waals surface area (Å²) in [6.07, 6.45) is 5.83. The topological polar surface area (TPSA) is 103 Å². The molecule has 4 rings (SSSR count). The zero-order valence-electron chi connectivity index (χ0n) is 14.3. The second-order valence-corrected chi connectivity index (χ2v) is 5.62. The molecule has 0 aliphatic carbocycles. The molecule has 0 saturated heterocycles. The zero-order valence-corrected chi connectivity index (χ0v) is 14.3. The van der Waals surface area contributed by atoms with Gasteiger partial charge in [-0.3, -0.25) is 0 Å². The lowest BCUT2D eigenvalue weighted by Gasteiger charge is -2.14. The second kappa shape index (κ2) is 7.49. The summed E-state index contributed by atoms with van der Waals surface area (Å²) in [5.74, 6) is 1.03. The average Bonchev–Trinajstić information content (AvgIpc) is 2.76. The van der Waals surface area contributed by atoms with Gasteiger partial charge in [-0.2, -0.15) is 0 Å². The van der Waals surface area contributed by atoms with Gasteiger partial charge in [0.1, 0.15) is 25.3 Å².